The number of carbonyl (C=O) groups excluding carboxylic acids is 2. The Labute approximate surface area is 106 Å². The lowest BCUT2D eigenvalue weighted by molar-refractivity contribution is -0.128. The van der Waals surface area contributed by atoms with E-state index >= 15 is 0 Å². The second-order valence-corrected chi connectivity index (χ2v) is 4.44. The number of methoxy groups -OCH3 is 1. The van der Waals surface area contributed by atoms with Gasteiger partial charge < -0.3 is 15.4 Å². The van der Waals surface area contributed by atoms with Crippen molar-refractivity contribution in [2.24, 2.45) is 11.7 Å². The summed E-state index contributed by atoms with van der Waals surface area (Å²) in [5.41, 5.74) is 6.26. The van der Waals surface area contributed by atoms with Gasteiger partial charge in [-0.25, -0.2) is 0 Å². The summed E-state index contributed by atoms with van der Waals surface area (Å²) in [7, 11) is 3.28. The summed E-state index contributed by atoms with van der Waals surface area (Å²) in [4.78, 5) is 24.7. The van der Waals surface area contributed by atoms with Gasteiger partial charge in [-0.15, -0.1) is 0 Å². The number of rotatable bonds is 3. The van der Waals surface area contributed by atoms with Crippen molar-refractivity contribution in [1.82, 2.24) is 4.90 Å². The van der Waals surface area contributed by atoms with Crippen LogP contribution < -0.4 is 10.5 Å². The van der Waals surface area contributed by atoms with Crippen LogP contribution in [0.15, 0.2) is 24.3 Å². The van der Waals surface area contributed by atoms with Crippen LogP contribution in [0.2, 0.25) is 0 Å². The lowest BCUT2D eigenvalue weighted by Gasteiger charge is -2.23. The summed E-state index contributed by atoms with van der Waals surface area (Å²) in [6.07, 6.45) is 0.183. The fraction of sp³-hybridized carbons (Fsp3) is 0.385. The molecule has 1 aliphatic rings. The molecular formula is C13H16N2O3. The van der Waals surface area contributed by atoms with Crippen molar-refractivity contribution in [3.05, 3.63) is 29.8 Å². The standard InChI is InChI=1S/C13H16N2O3/c1-15-11(16)7-10(13(14)17)12(15)8-3-5-9(18-2)6-4-8/h3-6,10,12H,7H2,1-2H3,(H2,14,17)/t10-,12-/m1/s1. The molecule has 0 aliphatic carbocycles. The summed E-state index contributed by atoms with van der Waals surface area (Å²) < 4.78 is 5.08. The first-order valence-electron chi connectivity index (χ1n) is 5.73. The fourth-order valence-electron chi connectivity index (χ4n) is 2.38. The molecule has 18 heavy (non-hydrogen) atoms. The second-order valence-electron chi connectivity index (χ2n) is 4.44. The highest BCUT2D eigenvalue weighted by Crippen LogP contribution is 2.37. The monoisotopic (exact) mass is 248 g/mol. The molecule has 0 radical (unpaired) electrons. The van der Waals surface area contributed by atoms with Crippen LogP contribution in [0.4, 0.5) is 0 Å². The van der Waals surface area contributed by atoms with Gasteiger partial charge in [0, 0.05) is 13.5 Å². The van der Waals surface area contributed by atoms with Crippen LogP contribution in [0.3, 0.4) is 0 Å². The van der Waals surface area contributed by atoms with Crippen LogP contribution >= 0.6 is 0 Å². The highest BCUT2D eigenvalue weighted by molar-refractivity contribution is 5.89. The lowest BCUT2D eigenvalue weighted by atomic mass is 9.93. The number of amides is 2. The van der Waals surface area contributed by atoms with E-state index < -0.39 is 11.8 Å². The molecule has 5 heteroatoms. The molecule has 1 aliphatic heterocycles. The predicted molar refractivity (Wildman–Crippen MR) is 65.8 cm³/mol. The predicted octanol–water partition coefficient (Wildman–Crippen LogP) is 0.700. The van der Waals surface area contributed by atoms with Gasteiger partial charge in [0.2, 0.25) is 11.8 Å². The number of hydrogen-bond acceptors (Lipinski definition) is 3. The number of primary amides is 1. The Kier molecular flexibility index (Phi) is 3.23. The van der Waals surface area contributed by atoms with Crippen molar-refractivity contribution in [3.8, 4) is 5.75 Å². The van der Waals surface area contributed by atoms with E-state index in [1.165, 1.54) is 0 Å². The van der Waals surface area contributed by atoms with Crippen LogP contribution in [-0.4, -0.2) is 30.9 Å². The highest BCUT2D eigenvalue weighted by Gasteiger charge is 2.41. The first-order chi connectivity index (χ1) is 8.54. The molecule has 0 aromatic heterocycles. The van der Waals surface area contributed by atoms with Crippen LogP contribution in [0.25, 0.3) is 0 Å². The molecular weight excluding hydrogens is 232 g/mol. The van der Waals surface area contributed by atoms with Gasteiger partial charge in [-0.3, -0.25) is 9.59 Å². The van der Waals surface area contributed by atoms with E-state index in [9.17, 15) is 9.59 Å². The van der Waals surface area contributed by atoms with E-state index in [0.29, 0.717) is 0 Å². The topological polar surface area (TPSA) is 72.6 Å². The Bertz CT molecular complexity index is 470. The minimum absolute atomic E-state index is 0.0559. The molecule has 2 N–H and O–H groups in total. The molecule has 0 saturated carbocycles. The van der Waals surface area contributed by atoms with E-state index in [1.807, 2.05) is 24.3 Å². The van der Waals surface area contributed by atoms with Gasteiger partial charge in [-0.1, -0.05) is 12.1 Å². The molecule has 1 aromatic rings. The normalized spacial score (nSPS) is 23.2. The third-order valence-electron chi connectivity index (χ3n) is 3.41. The lowest BCUT2D eigenvalue weighted by Crippen LogP contribution is -2.30. The van der Waals surface area contributed by atoms with Gasteiger partial charge >= 0.3 is 0 Å². The SMILES string of the molecule is COc1ccc([C@@H]2[C@H](C(N)=O)CC(=O)N2C)cc1. The summed E-state index contributed by atoms with van der Waals surface area (Å²) in [5.74, 6) is -0.217. The molecule has 0 spiro atoms. The van der Waals surface area contributed by atoms with Crippen molar-refractivity contribution in [3.63, 3.8) is 0 Å². The average Bonchev–Trinajstić information content (AvgIpc) is 2.66. The number of benzene rings is 1. The van der Waals surface area contributed by atoms with Crippen molar-refractivity contribution in [2.45, 2.75) is 12.5 Å². The number of hydrogen-bond donors (Lipinski definition) is 1. The van der Waals surface area contributed by atoms with Gasteiger partial charge in [0.25, 0.3) is 0 Å². The third kappa shape index (κ3) is 2.03. The molecule has 2 rings (SSSR count). The van der Waals surface area contributed by atoms with Crippen molar-refractivity contribution >= 4 is 11.8 Å². The molecule has 1 fully saturated rings. The molecule has 0 unspecified atom stereocenters. The minimum Gasteiger partial charge on any atom is -0.497 e. The molecule has 2 atom stereocenters. The maximum atomic E-state index is 11.7. The summed E-state index contributed by atoms with van der Waals surface area (Å²) in [6, 6.07) is 7.05. The van der Waals surface area contributed by atoms with E-state index in [-0.39, 0.29) is 18.4 Å². The maximum Gasteiger partial charge on any atom is 0.223 e. The number of nitrogens with zero attached hydrogens (tertiary/aromatic N) is 1. The Morgan fingerprint density at radius 1 is 1.39 bits per heavy atom. The Balaban J connectivity index is 2.33. The first-order valence-corrected chi connectivity index (χ1v) is 5.73. The second kappa shape index (κ2) is 4.68. The third-order valence-corrected chi connectivity index (χ3v) is 3.41. The van der Waals surface area contributed by atoms with E-state index in [1.54, 1.807) is 19.1 Å². The molecule has 1 heterocycles. The van der Waals surface area contributed by atoms with Gasteiger partial charge in [0.1, 0.15) is 5.75 Å². The Hall–Kier alpha value is -2.04. The van der Waals surface area contributed by atoms with Gasteiger partial charge in [0.05, 0.1) is 19.1 Å². The smallest absolute Gasteiger partial charge is 0.223 e. The van der Waals surface area contributed by atoms with Gasteiger partial charge in [-0.05, 0) is 17.7 Å². The Morgan fingerprint density at radius 3 is 2.50 bits per heavy atom. The molecule has 96 valence electrons. The maximum absolute atomic E-state index is 11.7. The zero-order chi connectivity index (χ0) is 13.3. The summed E-state index contributed by atoms with van der Waals surface area (Å²) in [5, 5.41) is 0. The van der Waals surface area contributed by atoms with Crippen molar-refractivity contribution in [1.29, 1.82) is 0 Å². The molecule has 5 nitrogen and oxygen atoms in total. The number of likely N-dealkylation sites (tertiary alicyclic amines) is 1. The van der Waals surface area contributed by atoms with Crippen LogP contribution in [0.1, 0.15) is 18.0 Å². The quantitative estimate of drug-likeness (QED) is 0.855. The van der Waals surface area contributed by atoms with Crippen LogP contribution in [0, 0.1) is 5.92 Å². The summed E-state index contributed by atoms with van der Waals surface area (Å²) >= 11 is 0. The highest BCUT2D eigenvalue weighted by atomic mass is 16.5. The Morgan fingerprint density at radius 2 is 2.00 bits per heavy atom. The number of ether oxygens (including phenoxy) is 1. The van der Waals surface area contributed by atoms with Crippen molar-refractivity contribution < 1.29 is 14.3 Å². The molecule has 0 bridgehead atoms. The van der Waals surface area contributed by atoms with E-state index in [4.69, 9.17) is 10.5 Å². The molecule has 2 amide bonds. The molecule has 1 aromatic carbocycles. The molecule has 1 saturated heterocycles. The largest absolute Gasteiger partial charge is 0.497 e. The minimum atomic E-state index is -0.462. The van der Waals surface area contributed by atoms with E-state index in [2.05, 4.69) is 0 Å². The number of carbonyl (C=O) groups is 2. The van der Waals surface area contributed by atoms with Crippen LogP contribution in [-0.2, 0) is 9.59 Å². The zero-order valence-corrected chi connectivity index (χ0v) is 10.4. The fourth-order valence-corrected chi connectivity index (χ4v) is 2.38. The number of nitrogens with two attached hydrogens (primary N) is 1. The average molecular weight is 248 g/mol. The van der Waals surface area contributed by atoms with Crippen LogP contribution in [0.5, 0.6) is 5.75 Å². The first kappa shape index (κ1) is 12.4. The zero-order valence-electron chi connectivity index (χ0n) is 10.4. The van der Waals surface area contributed by atoms with Crippen molar-refractivity contribution in [2.75, 3.05) is 14.2 Å². The summed E-state index contributed by atoms with van der Waals surface area (Å²) in [6.45, 7) is 0. The van der Waals surface area contributed by atoms with E-state index in [0.717, 1.165) is 11.3 Å². The van der Waals surface area contributed by atoms with Gasteiger partial charge in [-0.2, -0.15) is 0 Å². The van der Waals surface area contributed by atoms with Gasteiger partial charge in [0.15, 0.2) is 0 Å².